The maximum absolute atomic E-state index is 11.9. The number of rotatable bonds is 7. The molecule has 0 radical (unpaired) electrons. The fourth-order valence-electron chi connectivity index (χ4n) is 1.96. The molecule has 7 heteroatoms. The third-order valence-corrected chi connectivity index (χ3v) is 5.15. The summed E-state index contributed by atoms with van der Waals surface area (Å²) >= 11 is 3.31. The molecule has 1 amide bonds. The van der Waals surface area contributed by atoms with Crippen molar-refractivity contribution in [2.45, 2.75) is 35.9 Å². The number of anilines is 1. The number of amides is 1. The molecule has 0 spiro atoms. The van der Waals surface area contributed by atoms with Crippen molar-refractivity contribution in [1.82, 2.24) is 10.3 Å². The molecule has 0 aliphatic carbocycles. The molecule has 0 saturated carbocycles. The van der Waals surface area contributed by atoms with Gasteiger partial charge in [0.25, 0.3) is 0 Å². The van der Waals surface area contributed by atoms with E-state index in [4.69, 9.17) is 0 Å². The first-order chi connectivity index (χ1) is 10.6. The van der Waals surface area contributed by atoms with Crippen molar-refractivity contribution in [2.75, 3.05) is 18.9 Å². The highest BCUT2D eigenvalue weighted by atomic mass is 35.5. The van der Waals surface area contributed by atoms with Crippen molar-refractivity contribution in [2.24, 2.45) is 0 Å². The lowest BCUT2D eigenvalue weighted by Crippen LogP contribution is -2.15. The number of aryl methyl sites for hydroxylation is 2. The smallest absolute Gasteiger partial charge is 0.224 e. The third kappa shape index (κ3) is 6.51. The molecular formula is C16H22ClN3OS2. The van der Waals surface area contributed by atoms with Gasteiger partial charge in [0.15, 0.2) is 4.34 Å². The zero-order valence-electron chi connectivity index (χ0n) is 13.5. The van der Waals surface area contributed by atoms with Gasteiger partial charge >= 0.3 is 0 Å². The Morgan fingerprint density at radius 2 is 2.13 bits per heavy atom. The lowest BCUT2D eigenvalue weighted by molar-refractivity contribution is -0.116. The monoisotopic (exact) mass is 371 g/mol. The second kappa shape index (κ2) is 9.93. The number of halogens is 1. The number of aromatic nitrogens is 1. The molecule has 1 heterocycles. The van der Waals surface area contributed by atoms with Gasteiger partial charge in [0.05, 0.1) is 0 Å². The molecule has 1 aromatic carbocycles. The number of carbonyl (C=O) groups excluding carboxylic acids is 1. The van der Waals surface area contributed by atoms with Crippen LogP contribution in [0.1, 0.15) is 24.1 Å². The Labute approximate surface area is 151 Å². The summed E-state index contributed by atoms with van der Waals surface area (Å²) in [6.45, 7) is 4.87. The lowest BCUT2D eigenvalue weighted by Gasteiger charge is -2.09. The largest absolute Gasteiger partial charge is 0.326 e. The van der Waals surface area contributed by atoms with E-state index in [-0.39, 0.29) is 18.3 Å². The predicted molar refractivity (Wildman–Crippen MR) is 101 cm³/mol. The van der Waals surface area contributed by atoms with Crippen LogP contribution in [-0.4, -0.2) is 24.5 Å². The van der Waals surface area contributed by atoms with Crippen LogP contribution in [0.5, 0.6) is 0 Å². The van der Waals surface area contributed by atoms with Crippen molar-refractivity contribution in [3.05, 3.63) is 34.8 Å². The standard InChI is InChI=1S/C16H21N3OS2.ClH/c1-11-9-13(22-16-18-12(2)10-21-16)6-7-14(11)19-15(20)5-4-8-17-3;/h6-7,9-10,17H,4-5,8H2,1-3H3,(H,19,20);1H. The van der Waals surface area contributed by atoms with E-state index in [1.807, 2.05) is 33.0 Å². The molecule has 2 rings (SSSR count). The van der Waals surface area contributed by atoms with E-state index >= 15 is 0 Å². The maximum Gasteiger partial charge on any atom is 0.224 e. The highest BCUT2D eigenvalue weighted by molar-refractivity contribution is 8.01. The van der Waals surface area contributed by atoms with E-state index in [9.17, 15) is 4.79 Å². The van der Waals surface area contributed by atoms with Crippen LogP contribution in [0.3, 0.4) is 0 Å². The van der Waals surface area contributed by atoms with Crippen molar-refractivity contribution >= 4 is 47.1 Å². The lowest BCUT2D eigenvalue weighted by atomic mass is 10.2. The maximum atomic E-state index is 11.9. The summed E-state index contributed by atoms with van der Waals surface area (Å²) in [6.07, 6.45) is 1.38. The SMILES string of the molecule is CNCCCC(=O)Nc1ccc(Sc2nc(C)cs2)cc1C.Cl. The second-order valence-electron chi connectivity index (χ2n) is 5.09. The van der Waals surface area contributed by atoms with Gasteiger partial charge in [0.1, 0.15) is 0 Å². The number of hydrogen-bond acceptors (Lipinski definition) is 5. The summed E-state index contributed by atoms with van der Waals surface area (Å²) in [5, 5.41) is 8.07. The minimum atomic E-state index is 0. The van der Waals surface area contributed by atoms with Crippen LogP contribution in [0.4, 0.5) is 5.69 Å². The Balaban J connectivity index is 0.00000264. The Hall–Kier alpha value is -1.08. The van der Waals surface area contributed by atoms with E-state index in [1.54, 1.807) is 23.1 Å². The molecular weight excluding hydrogens is 350 g/mol. The fourth-order valence-corrected chi connectivity index (χ4v) is 3.87. The molecule has 0 fully saturated rings. The summed E-state index contributed by atoms with van der Waals surface area (Å²) in [7, 11) is 1.89. The quantitative estimate of drug-likeness (QED) is 0.713. The topological polar surface area (TPSA) is 54.0 Å². The Morgan fingerprint density at radius 1 is 1.35 bits per heavy atom. The zero-order chi connectivity index (χ0) is 15.9. The minimum Gasteiger partial charge on any atom is -0.326 e. The number of nitrogens with zero attached hydrogens (tertiary/aromatic N) is 1. The number of benzene rings is 1. The minimum absolute atomic E-state index is 0. The summed E-state index contributed by atoms with van der Waals surface area (Å²) < 4.78 is 1.04. The summed E-state index contributed by atoms with van der Waals surface area (Å²) in [6, 6.07) is 6.08. The first-order valence-corrected chi connectivity index (χ1v) is 8.93. The third-order valence-electron chi connectivity index (χ3n) is 3.11. The van der Waals surface area contributed by atoms with Gasteiger partial charge in [-0.15, -0.1) is 23.7 Å². The molecule has 0 aliphatic heterocycles. The second-order valence-corrected chi connectivity index (χ2v) is 7.27. The highest BCUT2D eigenvalue weighted by Gasteiger charge is 2.07. The van der Waals surface area contributed by atoms with Crippen molar-refractivity contribution in [3.63, 3.8) is 0 Å². The molecule has 0 atom stereocenters. The van der Waals surface area contributed by atoms with Crippen LogP contribution in [0.15, 0.2) is 32.8 Å². The normalized spacial score (nSPS) is 10.2. The summed E-state index contributed by atoms with van der Waals surface area (Å²) in [4.78, 5) is 17.5. The molecule has 126 valence electrons. The molecule has 2 aromatic rings. The average Bonchev–Trinajstić information content (AvgIpc) is 2.87. The molecule has 4 nitrogen and oxygen atoms in total. The molecule has 23 heavy (non-hydrogen) atoms. The van der Waals surface area contributed by atoms with Crippen LogP contribution >= 0.6 is 35.5 Å². The number of thiazole rings is 1. The van der Waals surface area contributed by atoms with Gasteiger partial charge in [-0.05, 0) is 57.6 Å². The van der Waals surface area contributed by atoms with E-state index in [1.165, 1.54) is 0 Å². The molecule has 1 aromatic heterocycles. The van der Waals surface area contributed by atoms with Crippen LogP contribution in [0, 0.1) is 13.8 Å². The Bertz CT molecular complexity index is 646. The first-order valence-electron chi connectivity index (χ1n) is 7.23. The number of hydrogen-bond donors (Lipinski definition) is 2. The molecule has 2 N–H and O–H groups in total. The van der Waals surface area contributed by atoms with Crippen LogP contribution in [0.2, 0.25) is 0 Å². The van der Waals surface area contributed by atoms with Crippen molar-refractivity contribution < 1.29 is 4.79 Å². The number of carbonyl (C=O) groups is 1. The van der Waals surface area contributed by atoms with Crippen LogP contribution < -0.4 is 10.6 Å². The Kier molecular flexibility index (Phi) is 8.62. The molecule has 0 unspecified atom stereocenters. The van der Waals surface area contributed by atoms with Gasteiger partial charge in [-0.3, -0.25) is 4.79 Å². The van der Waals surface area contributed by atoms with E-state index in [0.29, 0.717) is 6.42 Å². The van der Waals surface area contributed by atoms with Crippen molar-refractivity contribution in [1.29, 1.82) is 0 Å². The zero-order valence-corrected chi connectivity index (χ0v) is 16.0. The summed E-state index contributed by atoms with van der Waals surface area (Å²) in [5.41, 5.74) is 3.00. The number of nitrogens with one attached hydrogen (secondary N) is 2. The fraction of sp³-hybridized carbons (Fsp3) is 0.375. The Morgan fingerprint density at radius 3 is 2.74 bits per heavy atom. The van der Waals surface area contributed by atoms with Crippen LogP contribution in [-0.2, 0) is 4.79 Å². The van der Waals surface area contributed by atoms with Gasteiger partial charge in [0, 0.05) is 28.1 Å². The predicted octanol–water partition coefficient (Wildman–Crippen LogP) is 4.27. The molecule has 0 saturated heterocycles. The molecule has 0 bridgehead atoms. The van der Waals surface area contributed by atoms with E-state index in [0.717, 1.165) is 39.1 Å². The first kappa shape index (κ1) is 20.0. The van der Waals surface area contributed by atoms with Gasteiger partial charge < -0.3 is 10.6 Å². The highest BCUT2D eigenvalue weighted by Crippen LogP contribution is 2.32. The van der Waals surface area contributed by atoms with Gasteiger partial charge in [-0.1, -0.05) is 11.8 Å². The van der Waals surface area contributed by atoms with Gasteiger partial charge in [-0.25, -0.2) is 4.98 Å². The van der Waals surface area contributed by atoms with Crippen molar-refractivity contribution in [3.8, 4) is 0 Å². The van der Waals surface area contributed by atoms with E-state index < -0.39 is 0 Å². The summed E-state index contributed by atoms with van der Waals surface area (Å²) in [5.74, 6) is 0.0642. The molecule has 0 aliphatic rings. The van der Waals surface area contributed by atoms with Crippen LogP contribution in [0.25, 0.3) is 0 Å². The average molecular weight is 372 g/mol. The van der Waals surface area contributed by atoms with Gasteiger partial charge in [-0.2, -0.15) is 0 Å². The van der Waals surface area contributed by atoms with E-state index in [2.05, 4.69) is 27.1 Å². The van der Waals surface area contributed by atoms with Gasteiger partial charge in [0.2, 0.25) is 5.91 Å².